The van der Waals surface area contributed by atoms with Gasteiger partial charge in [-0.2, -0.15) is 0 Å². The molecule has 208 valence electrons. The fourth-order valence-electron chi connectivity index (χ4n) is 5.35. The zero-order chi connectivity index (χ0) is 26.8. The van der Waals surface area contributed by atoms with Crippen LogP contribution in [-0.4, -0.2) is 34.7 Å². The minimum absolute atomic E-state index is 0.983. The number of anilines is 1. The third-order valence-corrected chi connectivity index (χ3v) is 8.07. The first-order chi connectivity index (χ1) is 17.9. The lowest BCUT2D eigenvalue weighted by molar-refractivity contribution is 0.380. The summed E-state index contributed by atoms with van der Waals surface area (Å²) in [7, 11) is 8.90. The zero-order valence-corrected chi connectivity index (χ0v) is 25.2. The van der Waals surface area contributed by atoms with E-state index < -0.39 is 0 Å². The van der Waals surface area contributed by atoms with Crippen molar-refractivity contribution < 1.29 is 0 Å². The Morgan fingerprint density at radius 1 is 0.514 bits per heavy atom. The van der Waals surface area contributed by atoms with Gasteiger partial charge in [0.2, 0.25) is 0 Å². The first-order valence-corrected chi connectivity index (χ1v) is 15.6. The van der Waals surface area contributed by atoms with E-state index in [4.69, 9.17) is 0 Å². The molecule has 2 rings (SSSR count). The Hall–Kier alpha value is -1.80. The minimum atomic E-state index is 0.983. The highest BCUT2D eigenvalue weighted by Crippen LogP contribution is 2.23. The molecule has 2 aromatic carbocycles. The molecule has 0 atom stereocenters. The van der Waals surface area contributed by atoms with Gasteiger partial charge in [0, 0.05) is 19.8 Å². The molecule has 0 spiro atoms. The lowest BCUT2D eigenvalue weighted by atomic mass is 10.0. The van der Waals surface area contributed by atoms with Crippen LogP contribution in [0.2, 0.25) is 0 Å². The third kappa shape index (κ3) is 13.5. The van der Waals surface area contributed by atoms with Crippen LogP contribution >= 0.6 is 0 Å². The Labute approximate surface area is 231 Å². The van der Waals surface area contributed by atoms with Crippen LogP contribution in [0.3, 0.4) is 0 Å². The molecule has 0 saturated heterocycles. The standard InChI is InChI=1S/C35H59N2/c1-6-7-8-9-10-11-12-13-14-15-16-17-18-19-20-21-30-37(4,5)35-28-24-33(25-29-35)31-32-22-26-34(27-23-32)36(2)3/h22-29H,6-21,30-31H2,1-5H3/q+1. The van der Waals surface area contributed by atoms with Crippen LogP contribution in [0.15, 0.2) is 48.5 Å². The molecule has 2 heteroatoms. The largest absolute Gasteiger partial charge is 0.378 e. The van der Waals surface area contributed by atoms with Crippen molar-refractivity contribution in [2.75, 3.05) is 39.6 Å². The maximum Gasteiger partial charge on any atom is 0.132 e. The number of hydrogen-bond donors (Lipinski definition) is 0. The van der Waals surface area contributed by atoms with Crippen molar-refractivity contribution in [1.29, 1.82) is 0 Å². The Morgan fingerprint density at radius 2 is 0.892 bits per heavy atom. The van der Waals surface area contributed by atoms with Crippen molar-refractivity contribution in [3.05, 3.63) is 59.7 Å². The number of quaternary nitrogens is 1. The molecule has 0 aliphatic rings. The molecule has 0 aromatic heterocycles. The second-order valence-electron chi connectivity index (χ2n) is 12.1. The van der Waals surface area contributed by atoms with Crippen LogP contribution in [-0.2, 0) is 6.42 Å². The molecule has 0 radical (unpaired) electrons. The molecule has 0 unspecified atom stereocenters. The Morgan fingerprint density at radius 3 is 1.30 bits per heavy atom. The van der Waals surface area contributed by atoms with E-state index in [1.165, 1.54) is 132 Å². The van der Waals surface area contributed by atoms with E-state index in [0.717, 1.165) is 10.9 Å². The van der Waals surface area contributed by atoms with E-state index >= 15 is 0 Å². The van der Waals surface area contributed by atoms with Crippen LogP contribution in [0.1, 0.15) is 121 Å². The first kappa shape index (κ1) is 31.4. The molecule has 0 aliphatic heterocycles. The van der Waals surface area contributed by atoms with Gasteiger partial charge in [0.25, 0.3) is 0 Å². The van der Waals surface area contributed by atoms with Crippen molar-refractivity contribution in [1.82, 2.24) is 4.48 Å². The summed E-state index contributed by atoms with van der Waals surface area (Å²) in [5.41, 5.74) is 5.45. The molecular formula is C35H59N2+. The topological polar surface area (TPSA) is 3.24 Å². The first-order valence-electron chi connectivity index (χ1n) is 15.6. The number of benzene rings is 2. The molecule has 0 bridgehead atoms. The highest BCUT2D eigenvalue weighted by molar-refractivity contribution is 5.48. The summed E-state index contributed by atoms with van der Waals surface area (Å²) >= 11 is 0. The van der Waals surface area contributed by atoms with Gasteiger partial charge < -0.3 is 4.90 Å². The highest BCUT2D eigenvalue weighted by Gasteiger charge is 2.18. The van der Waals surface area contributed by atoms with Crippen molar-refractivity contribution in [2.24, 2.45) is 0 Å². The van der Waals surface area contributed by atoms with Crippen molar-refractivity contribution in [2.45, 2.75) is 116 Å². The molecule has 37 heavy (non-hydrogen) atoms. The van der Waals surface area contributed by atoms with Crippen molar-refractivity contribution >= 4 is 11.4 Å². The summed E-state index contributed by atoms with van der Waals surface area (Å²) < 4.78 is 0.983. The number of hydrogen-bond acceptors (Lipinski definition) is 1. The van der Waals surface area contributed by atoms with Gasteiger partial charge in [0.05, 0.1) is 20.6 Å². The zero-order valence-electron chi connectivity index (χ0n) is 25.2. The fourth-order valence-corrected chi connectivity index (χ4v) is 5.35. The van der Waals surface area contributed by atoms with Gasteiger partial charge in [-0.3, -0.25) is 4.48 Å². The van der Waals surface area contributed by atoms with Gasteiger partial charge in [-0.05, 0) is 54.7 Å². The predicted molar refractivity (Wildman–Crippen MR) is 168 cm³/mol. The average molecular weight is 508 g/mol. The van der Waals surface area contributed by atoms with Crippen LogP contribution in [0.4, 0.5) is 11.4 Å². The lowest BCUT2D eigenvalue weighted by Gasteiger charge is -2.29. The van der Waals surface area contributed by atoms with E-state index in [1.807, 2.05) is 0 Å². The Bertz CT molecular complexity index is 804. The lowest BCUT2D eigenvalue weighted by Crippen LogP contribution is -2.41. The average Bonchev–Trinajstić information content (AvgIpc) is 2.89. The summed E-state index contributed by atoms with van der Waals surface area (Å²) in [5, 5.41) is 0. The summed E-state index contributed by atoms with van der Waals surface area (Å²) in [6.45, 7) is 3.53. The van der Waals surface area contributed by atoms with Crippen LogP contribution in [0, 0.1) is 0 Å². The summed E-state index contributed by atoms with van der Waals surface area (Å²) in [4.78, 5) is 2.15. The molecule has 0 heterocycles. The van der Waals surface area contributed by atoms with E-state index in [1.54, 1.807) is 0 Å². The predicted octanol–water partition coefficient (Wildman–Crippen LogP) is 10.2. The fraction of sp³-hybridized carbons (Fsp3) is 0.657. The van der Waals surface area contributed by atoms with E-state index in [2.05, 4.69) is 88.5 Å². The van der Waals surface area contributed by atoms with Gasteiger partial charge in [0.15, 0.2) is 0 Å². The van der Waals surface area contributed by atoms with Gasteiger partial charge in [0.1, 0.15) is 5.69 Å². The van der Waals surface area contributed by atoms with E-state index in [0.29, 0.717) is 0 Å². The second kappa shape index (κ2) is 18.5. The van der Waals surface area contributed by atoms with Crippen LogP contribution in [0.25, 0.3) is 0 Å². The van der Waals surface area contributed by atoms with Crippen molar-refractivity contribution in [3.63, 3.8) is 0 Å². The quantitative estimate of drug-likeness (QED) is 0.120. The molecule has 0 N–H and O–H groups in total. The maximum atomic E-state index is 2.36. The van der Waals surface area contributed by atoms with Gasteiger partial charge in [-0.1, -0.05) is 121 Å². The molecule has 0 saturated carbocycles. The molecular weight excluding hydrogens is 448 g/mol. The Kier molecular flexibility index (Phi) is 15.7. The second-order valence-corrected chi connectivity index (χ2v) is 12.1. The Balaban J connectivity index is 1.51. The molecule has 0 aliphatic carbocycles. The maximum absolute atomic E-state index is 2.36. The highest BCUT2D eigenvalue weighted by atomic mass is 15.3. The number of rotatable bonds is 21. The van der Waals surface area contributed by atoms with Gasteiger partial charge in [-0.15, -0.1) is 0 Å². The summed E-state index contributed by atoms with van der Waals surface area (Å²) in [5.74, 6) is 0. The number of unbranched alkanes of at least 4 members (excludes halogenated alkanes) is 15. The molecule has 2 aromatic rings. The monoisotopic (exact) mass is 507 g/mol. The number of nitrogens with zero attached hydrogens (tertiary/aromatic N) is 2. The van der Waals surface area contributed by atoms with Gasteiger partial charge >= 0.3 is 0 Å². The summed E-state index contributed by atoms with van der Waals surface area (Å²) in [6, 6.07) is 18.3. The minimum Gasteiger partial charge on any atom is -0.378 e. The molecule has 2 nitrogen and oxygen atoms in total. The van der Waals surface area contributed by atoms with Crippen LogP contribution in [0.5, 0.6) is 0 Å². The SMILES string of the molecule is CCCCCCCCCCCCCCCCCC[N+](C)(C)c1ccc(Cc2ccc(N(C)C)cc2)cc1. The molecule has 0 fully saturated rings. The van der Waals surface area contributed by atoms with Crippen LogP contribution < -0.4 is 9.38 Å². The third-order valence-electron chi connectivity index (χ3n) is 8.07. The summed E-state index contributed by atoms with van der Waals surface area (Å²) in [6.07, 6.45) is 23.9. The smallest absolute Gasteiger partial charge is 0.132 e. The van der Waals surface area contributed by atoms with E-state index in [9.17, 15) is 0 Å². The van der Waals surface area contributed by atoms with Gasteiger partial charge in [-0.25, -0.2) is 0 Å². The molecule has 0 amide bonds. The van der Waals surface area contributed by atoms with Crippen molar-refractivity contribution in [3.8, 4) is 0 Å². The van der Waals surface area contributed by atoms with E-state index in [-0.39, 0.29) is 0 Å². The normalized spacial score (nSPS) is 11.7.